The Hall–Kier alpha value is -0.610. The normalized spacial score (nSPS) is 9.00. The van der Waals surface area contributed by atoms with Gasteiger partial charge in [-0.2, -0.15) is 0 Å². The molecule has 0 spiro atoms. The minimum absolute atomic E-state index is 0. The fourth-order valence-corrected chi connectivity index (χ4v) is 0.625. The van der Waals surface area contributed by atoms with Gasteiger partial charge in [-0.15, -0.1) is 22.6 Å². The van der Waals surface area contributed by atoms with Crippen molar-refractivity contribution >= 4 is 12.4 Å². The molecule has 1 N–H and O–H groups in total. The molecule has 4 nitrogen and oxygen atoms in total. The predicted molar refractivity (Wildman–Crippen MR) is 41.0 cm³/mol. The molecule has 1 aromatic heterocycles. The van der Waals surface area contributed by atoms with Crippen LogP contribution >= 0.6 is 12.4 Å². The number of aromatic nitrogens is 3. The summed E-state index contributed by atoms with van der Waals surface area (Å²) in [5.41, 5.74) is 0. The van der Waals surface area contributed by atoms with Gasteiger partial charge in [0.1, 0.15) is 12.2 Å². The maximum absolute atomic E-state index is 3.86. The maximum Gasteiger partial charge on any atom is 0.146 e. The highest BCUT2D eigenvalue weighted by Crippen LogP contribution is 1.87. The molecule has 0 atom stereocenters. The summed E-state index contributed by atoms with van der Waals surface area (Å²) < 4.78 is 1.89. The third kappa shape index (κ3) is 1.97. The van der Waals surface area contributed by atoms with E-state index >= 15 is 0 Å². The molecule has 0 aliphatic rings. The van der Waals surface area contributed by atoms with E-state index in [2.05, 4.69) is 15.5 Å². The van der Waals surface area contributed by atoms with Crippen LogP contribution < -0.4 is 5.32 Å². The van der Waals surface area contributed by atoms with E-state index in [1.165, 1.54) is 0 Å². The van der Waals surface area contributed by atoms with Gasteiger partial charge in [-0.1, -0.05) is 0 Å². The number of nitrogens with zero attached hydrogens (tertiary/aromatic N) is 3. The van der Waals surface area contributed by atoms with Crippen LogP contribution in [0.5, 0.6) is 0 Å². The fourth-order valence-electron chi connectivity index (χ4n) is 0.625. The average Bonchev–Trinajstić information content (AvgIpc) is 2.18. The summed E-state index contributed by atoms with van der Waals surface area (Å²) in [4.78, 5) is 0. The topological polar surface area (TPSA) is 42.7 Å². The van der Waals surface area contributed by atoms with E-state index in [-0.39, 0.29) is 12.4 Å². The van der Waals surface area contributed by atoms with E-state index in [0.717, 1.165) is 12.4 Å². The maximum atomic E-state index is 3.86. The molecular weight excluding hydrogens is 152 g/mol. The highest BCUT2D eigenvalue weighted by molar-refractivity contribution is 5.85. The van der Waals surface area contributed by atoms with Crippen LogP contribution in [-0.4, -0.2) is 21.8 Å². The quantitative estimate of drug-likeness (QED) is 0.664. The van der Waals surface area contributed by atoms with Crippen molar-refractivity contribution < 1.29 is 0 Å². The van der Waals surface area contributed by atoms with Crippen LogP contribution in [0.2, 0.25) is 0 Å². The second-order valence-corrected chi connectivity index (χ2v) is 1.89. The first kappa shape index (κ1) is 9.39. The van der Waals surface area contributed by atoms with Crippen molar-refractivity contribution in [1.82, 2.24) is 20.1 Å². The highest BCUT2D eigenvalue weighted by atomic mass is 35.5. The Morgan fingerprint density at radius 3 is 2.80 bits per heavy atom. The zero-order chi connectivity index (χ0) is 6.69. The molecule has 0 fully saturated rings. The van der Waals surface area contributed by atoms with Gasteiger partial charge in [0.2, 0.25) is 0 Å². The summed E-state index contributed by atoms with van der Waals surface area (Å²) in [7, 11) is 3.81. The number of halogens is 1. The van der Waals surface area contributed by atoms with E-state index < -0.39 is 0 Å². The molecule has 0 aliphatic heterocycles. The molecule has 0 aliphatic carbocycles. The average molecular weight is 163 g/mol. The van der Waals surface area contributed by atoms with E-state index in [0.29, 0.717) is 0 Å². The zero-order valence-electron chi connectivity index (χ0n) is 6.03. The first-order chi connectivity index (χ1) is 4.34. The summed E-state index contributed by atoms with van der Waals surface area (Å²) in [6.45, 7) is 0.774. The van der Waals surface area contributed by atoms with Gasteiger partial charge in [0.25, 0.3) is 0 Å². The van der Waals surface area contributed by atoms with Gasteiger partial charge >= 0.3 is 0 Å². The van der Waals surface area contributed by atoms with Crippen LogP contribution in [0.1, 0.15) is 5.82 Å². The summed E-state index contributed by atoms with van der Waals surface area (Å²) in [5.74, 6) is 0.956. The Kier molecular flexibility index (Phi) is 3.99. The first-order valence-electron chi connectivity index (χ1n) is 2.82. The fraction of sp³-hybridized carbons (Fsp3) is 0.600. The van der Waals surface area contributed by atoms with Gasteiger partial charge in [-0.25, -0.2) is 0 Å². The van der Waals surface area contributed by atoms with Crippen molar-refractivity contribution in [2.24, 2.45) is 7.05 Å². The minimum atomic E-state index is 0. The molecule has 10 heavy (non-hydrogen) atoms. The monoisotopic (exact) mass is 162 g/mol. The number of aryl methyl sites for hydroxylation is 1. The molecule has 1 rings (SSSR count). The third-order valence-electron chi connectivity index (χ3n) is 1.14. The van der Waals surface area contributed by atoms with Gasteiger partial charge in [0.05, 0.1) is 6.54 Å². The number of hydrogen-bond acceptors (Lipinski definition) is 3. The number of nitrogens with one attached hydrogen (secondary N) is 1. The lowest BCUT2D eigenvalue weighted by molar-refractivity contribution is 0.707. The molecule has 5 heteroatoms. The van der Waals surface area contributed by atoms with Crippen molar-refractivity contribution in [3.8, 4) is 0 Å². The summed E-state index contributed by atoms with van der Waals surface area (Å²) in [6, 6.07) is 0. The molecule has 0 saturated carbocycles. The van der Waals surface area contributed by atoms with Crippen LogP contribution in [0.4, 0.5) is 0 Å². The van der Waals surface area contributed by atoms with Crippen LogP contribution in [0.3, 0.4) is 0 Å². The van der Waals surface area contributed by atoms with Crippen LogP contribution in [0.25, 0.3) is 0 Å². The van der Waals surface area contributed by atoms with E-state index in [4.69, 9.17) is 0 Å². The van der Waals surface area contributed by atoms with Crippen molar-refractivity contribution in [3.05, 3.63) is 12.2 Å². The molecule has 0 aromatic carbocycles. The SMILES string of the molecule is CNCc1nncn1C.Cl. The smallest absolute Gasteiger partial charge is 0.146 e. The minimum Gasteiger partial charge on any atom is -0.320 e. The Labute approximate surface area is 66.1 Å². The lowest BCUT2D eigenvalue weighted by Crippen LogP contribution is -2.09. The van der Waals surface area contributed by atoms with Gasteiger partial charge in [0, 0.05) is 7.05 Å². The molecular formula is C5H11ClN4. The molecule has 1 heterocycles. The van der Waals surface area contributed by atoms with E-state index in [1.807, 2.05) is 18.7 Å². The summed E-state index contributed by atoms with van der Waals surface area (Å²) >= 11 is 0. The zero-order valence-corrected chi connectivity index (χ0v) is 6.85. The highest BCUT2D eigenvalue weighted by Gasteiger charge is 1.94. The standard InChI is InChI=1S/C5H10N4.ClH/c1-6-3-5-8-7-4-9(5)2;/h4,6H,3H2,1-2H3;1H. The molecule has 0 unspecified atom stereocenters. The largest absolute Gasteiger partial charge is 0.320 e. The number of hydrogen-bond donors (Lipinski definition) is 1. The molecule has 0 radical (unpaired) electrons. The molecule has 1 aromatic rings. The summed E-state index contributed by atoms with van der Waals surface area (Å²) in [5, 5.41) is 10.6. The van der Waals surface area contributed by atoms with Gasteiger partial charge in [0.15, 0.2) is 0 Å². The molecule has 58 valence electrons. The van der Waals surface area contributed by atoms with Crippen molar-refractivity contribution in [1.29, 1.82) is 0 Å². The van der Waals surface area contributed by atoms with Crippen LogP contribution in [0, 0.1) is 0 Å². The number of rotatable bonds is 2. The molecule has 0 bridgehead atoms. The van der Waals surface area contributed by atoms with Gasteiger partial charge in [-0.05, 0) is 7.05 Å². The lowest BCUT2D eigenvalue weighted by atomic mass is 10.6. The van der Waals surface area contributed by atoms with Gasteiger partial charge < -0.3 is 9.88 Å². The third-order valence-corrected chi connectivity index (χ3v) is 1.14. The second kappa shape index (κ2) is 4.24. The second-order valence-electron chi connectivity index (χ2n) is 1.89. The Morgan fingerprint density at radius 2 is 2.40 bits per heavy atom. The van der Waals surface area contributed by atoms with Crippen molar-refractivity contribution in [2.45, 2.75) is 6.54 Å². The summed E-state index contributed by atoms with van der Waals surface area (Å²) in [6.07, 6.45) is 1.69. The first-order valence-corrected chi connectivity index (χ1v) is 2.82. The van der Waals surface area contributed by atoms with E-state index in [1.54, 1.807) is 6.33 Å². The molecule has 0 saturated heterocycles. The van der Waals surface area contributed by atoms with Crippen LogP contribution in [0.15, 0.2) is 6.33 Å². The predicted octanol–water partition coefficient (Wildman–Crippen LogP) is -0.0437. The lowest BCUT2D eigenvalue weighted by Gasteiger charge is -1.95. The Morgan fingerprint density at radius 1 is 1.70 bits per heavy atom. The van der Waals surface area contributed by atoms with Crippen molar-refractivity contribution in [3.63, 3.8) is 0 Å². The van der Waals surface area contributed by atoms with Crippen LogP contribution in [-0.2, 0) is 13.6 Å². The Bertz CT molecular complexity index is 186. The van der Waals surface area contributed by atoms with Gasteiger partial charge in [-0.3, -0.25) is 0 Å². The molecule has 0 amide bonds. The van der Waals surface area contributed by atoms with Crippen molar-refractivity contribution in [2.75, 3.05) is 7.05 Å². The Balaban J connectivity index is 0.000000810. The van der Waals surface area contributed by atoms with E-state index in [9.17, 15) is 0 Å².